The minimum atomic E-state index is -0.438. The smallest absolute Gasteiger partial charge is 0.276 e. The number of hydrogen-bond acceptors (Lipinski definition) is 4. The Morgan fingerprint density at radius 3 is 2.77 bits per heavy atom. The Morgan fingerprint density at radius 1 is 1.19 bits per heavy atom. The van der Waals surface area contributed by atoms with E-state index in [1.54, 1.807) is 11.3 Å². The zero-order valence-electron chi connectivity index (χ0n) is 13.9. The summed E-state index contributed by atoms with van der Waals surface area (Å²) in [6, 6.07) is 13.7. The lowest BCUT2D eigenvalue weighted by Crippen LogP contribution is -2.24. The summed E-state index contributed by atoms with van der Waals surface area (Å²) in [5.74, 6) is -0.862. The summed E-state index contributed by atoms with van der Waals surface area (Å²) in [5, 5.41) is 5.07. The van der Waals surface area contributed by atoms with Crippen LogP contribution in [0.4, 0.5) is 15.8 Å². The molecule has 4 nitrogen and oxygen atoms in total. The molecule has 1 amide bonds. The lowest BCUT2D eigenvalue weighted by atomic mass is 10.1. The van der Waals surface area contributed by atoms with Crippen molar-refractivity contribution in [2.75, 3.05) is 5.32 Å². The molecule has 7 heteroatoms. The lowest BCUT2D eigenvalue weighted by Gasteiger charge is -2.14. The summed E-state index contributed by atoms with van der Waals surface area (Å²) in [4.78, 5) is 18.7. The van der Waals surface area contributed by atoms with Crippen LogP contribution in [0.5, 0.6) is 0 Å². The fraction of sp³-hybridized carbons (Fsp3) is 0.105. The minimum Gasteiger partial charge on any atom is -0.355 e. The van der Waals surface area contributed by atoms with Crippen molar-refractivity contribution in [3.8, 4) is 0 Å². The predicted octanol–water partition coefficient (Wildman–Crippen LogP) is 5.41. The SMILES string of the molecule is Cc1cc(I)ccc1Nc1cc(F)ccc1C(=O)NOCc1cccs1. The second-order valence-corrected chi connectivity index (χ2v) is 7.85. The van der Waals surface area contributed by atoms with Gasteiger partial charge < -0.3 is 5.32 Å². The van der Waals surface area contributed by atoms with Gasteiger partial charge in [0.15, 0.2) is 0 Å². The van der Waals surface area contributed by atoms with Crippen molar-refractivity contribution in [1.82, 2.24) is 5.48 Å². The maximum atomic E-state index is 13.7. The second-order valence-electron chi connectivity index (χ2n) is 5.57. The van der Waals surface area contributed by atoms with E-state index in [1.165, 1.54) is 18.2 Å². The van der Waals surface area contributed by atoms with Crippen LogP contribution in [0, 0.1) is 16.3 Å². The maximum Gasteiger partial charge on any atom is 0.276 e. The number of benzene rings is 2. The van der Waals surface area contributed by atoms with Gasteiger partial charge in [0.2, 0.25) is 0 Å². The first kappa shape index (κ1) is 18.8. The molecular formula is C19H16FIN2O2S. The number of hydroxylamine groups is 1. The molecule has 0 bridgehead atoms. The van der Waals surface area contributed by atoms with Crippen LogP contribution in [0.3, 0.4) is 0 Å². The van der Waals surface area contributed by atoms with Crippen LogP contribution in [0.2, 0.25) is 0 Å². The molecule has 3 aromatic rings. The van der Waals surface area contributed by atoms with Crippen LogP contribution in [-0.4, -0.2) is 5.91 Å². The van der Waals surface area contributed by atoms with E-state index in [4.69, 9.17) is 4.84 Å². The van der Waals surface area contributed by atoms with Gasteiger partial charge in [-0.05, 0) is 82.9 Å². The number of thiophene rings is 1. The number of halogens is 2. The number of hydrogen-bond donors (Lipinski definition) is 2. The molecule has 0 unspecified atom stereocenters. The number of amides is 1. The Kier molecular flexibility index (Phi) is 6.23. The standard InChI is InChI=1S/C19H16FIN2O2S/c1-12-9-14(21)5-7-17(12)22-18-10-13(20)4-6-16(18)19(24)23-25-11-15-3-2-8-26-15/h2-10,22H,11H2,1H3,(H,23,24). The topological polar surface area (TPSA) is 50.4 Å². The van der Waals surface area contributed by atoms with E-state index < -0.39 is 11.7 Å². The van der Waals surface area contributed by atoms with Crippen molar-refractivity contribution >= 4 is 51.2 Å². The fourth-order valence-corrected chi connectivity index (χ4v) is 3.62. The highest BCUT2D eigenvalue weighted by molar-refractivity contribution is 14.1. The molecule has 0 spiro atoms. The maximum absolute atomic E-state index is 13.7. The van der Waals surface area contributed by atoms with E-state index in [-0.39, 0.29) is 6.61 Å². The molecule has 0 aliphatic heterocycles. The molecule has 3 rings (SSSR count). The zero-order valence-corrected chi connectivity index (χ0v) is 16.9. The van der Waals surface area contributed by atoms with Gasteiger partial charge in [0.05, 0.1) is 11.3 Å². The summed E-state index contributed by atoms with van der Waals surface area (Å²) >= 11 is 3.77. The number of rotatable bonds is 6. The summed E-state index contributed by atoms with van der Waals surface area (Å²) in [5.41, 5.74) is 4.90. The monoisotopic (exact) mass is 482 g/mol. The highest BCUT2D eigenvalue weighted by Crippen LogP contribution is 2.26. The Morgan fingerprint density at radius 2 is 2.04 bits per heavy atom. The molecular weight excluding hydrogens is 466 g/mol. The average Bonchev–Trinajstić information content (AvgIpc) is 3.11. The van der Waals surface area contributed by atoms with Gasteiger partial charge >= 0.3 is 0 Å². The summed E-state index contributed by atoms with van der Waals surface area (Å²) in [6.07, 6.45) is 0. The number of aryl methyl sites for hydroxylation is 1. The van der Waals surface area contributed by atoms with Crippen LogP contribution in [-0.2, 0) is 11.4 Å². The van der Waals surface area contributed by atoms with E-state index in [1.807, 2.05) is 42.6 Å². The average molecular weight is 482 g/mol. The first-order valence-electron chi connectivity index (χ1n) is 7.80. The molecule has 2 N–H and O–H groups in total. The van der Waals surface area contributed by atoms with Crippen molar-refractivity contribution in [2.24, 2.45) is 0 Å². The van der Waals surface area contributed by atoms with Crippen LogP contribution >= 0.6 is 33.9 Å². The molecule has 1 heterocycles. The van der Waals surface area contributed by atoms with Crippen molar-refractivity contribution in [1.29, 1.82) is 0 Å². The molecule has 0 saturated heterocycles. The summed E-state index contributed by atoms with van der Waals surface area (Å²) in [7, 11) is 0. The third kappa shape index (κ3) is 4.80. The van der Waals surface area contributed by atoms with Crippen molar-refractivity contribution in [2.45, 2.75) is 13.5 Å². The second kappa shape index (κ2) is 8.61. The largest absolute Gasteiger partial charge is 0.355 e. The Hall–Kier alpha value is -1.97. The molecule has 0 radical (unpaired) electrons. The van der Waals surface area contributed by atoms with Gasteiger partial charge in [0.1, 0.15) is 12.4 Å². The van der Waals surface area contributed by atoms with Crippen LogP contribution < -0.4 is 10.8 Å². The van der Waals surface area contributed by atoms with Crippen molar-refractivity contribution < 1.29 is 14.0 Å². The highest BCUT2D eigenvalue weighted by atomic mass is 127. The zero-order chi connectivity index (χ0) is 18.5. The lowest BCUT2D eigenvalue weighted by molar-refractivity contribution is 0.0244. The molecule has 134 valence electrons. The molecule has 0 fully saturated rings. The van der Waals surface area contributed by atoms with E-state index >= 15 is 0 Å². The van der Waals surface area contributed by atoms with Gasteiger partial charge in [-0.15, -0.1) is 11.3 Å². The quantitative estimate of drug-likeness (QED) is 0.365. The third-order valence-electron chi connectivity index (χ3n) is 3.64. The van der Waals surface area contributed by atoms with E-state index in [9.17, 15) is 9.18 Å². The molecule has 0 saturated carbocycles. The summed E-state index contributed by atoms with van der Waals surface area (Å²) in [6.45, 7) is 2.23. The predicted molar refractivity (Wildman–Crippen MR) is 110 cm³/mol. The van der Waals surface area contributed by atoms with Crippen LogP contribution in [0.25, 0.3) is 0 Å². The van der Waals surface area contributed by atoms with Gasteiger partial charge in [-0.25, -0.2) is 9.87 Å². The van der Waals surface area contributed by atoms with Crippen LogP contribution in [0.15, 0.2) is 53.9 Å². The Bertz CT molecular complexity index is 916. The number of nitrogens with one attached hydrogen (secondary N) is 2. The summed E-state index contributed by atoms with van der Waals surface area (Å²) < 4.78 is 14.8. The van der Waals surface area contributed by atoms with Crippen molar-refractivity contribution in [3.05, 3.63) is 79.3 Å². The van der Waals surface area contributed by atoms with Crippen molar-refractivity contribution in [3.63, 3.8) is 0 Å². The molecule has 1 aromatic heterocycles. The first-order valence-corrected chi connectivity index (χ1v) is 9.76. The van der Waals surface area contributed by atoms with Gasteiger partial charge in [-0.2, -0.15) is 0 Å². The number of anilines is 2. The van der Waals surface area contributed by atoms with E-state index in [0.29, 0.717) is 11.3 Å². The molecule has 0 atom stereocenters. The van der Waals surface area contributed by atoms with E-state index in [0.717, 1.165) is 19.7 Å². The molecule has 2 aromatic carbocycles. The molecule has 0 aliphatic rings. The number of carbonyl (C=O) groups excluding carboxylic acids is 1. The van der Waals surface area contributed by atoms with E-state index in [2.05, 4.69) is 33.4 Å². The van der Waals surface area contributed by atoms with Gasteiger partial charge in [0, 0.05) is 14.1 Å². The number of carbonyl (C=O) groups is 1. The normalized spacial score (nSPS) is 10.6. The van der Waals surface area contributed by atoms with Gasteiger partial charge in [-0.3, -0.25) is 9.63 Å². The van der Waals surface area contributed by atoms with Gasteiger partial charge in [-0.1, -0.05) is 6.07 Å². The molecule has 0 aliphatic carbocycles. The third-order valence-corrected chi connectivity index (χ3v) is 5.16. The fourth-order valence-electron chi connectivity index (χ4n) is 2.35. The Balaban J connectivity index is 1.75. The molecule has 26 heavy (non-hydrogen) atoms. The van der Waals surface area contributed by atoms with Crippen LogP contribution in [0.1, 0.15) is 20.8 Å². The minimum absolute atomic E-state index is 0.281. The highest BCUT2D eigenvalue weighted by Gasteiger charge is 2.14. The Labute approximate surface area is 168 Å². The first-order chi connectivity index (χ1) is 12.5. The van der Waals surface area contributed by atoms with Gasteiger partial charge in [0.25, 0.3) is 5.91 Å².